The van der Waals surface area contributed by atoms with Crippen LogP contribution in [0.15, 0.2) is 59.4 Å². The van der Waals surface area contributed by atoms with Gasteiger partial charge in [-0.3, -0.25) is 4.79 Å². The Morgan fingerprint density at radius 2 is 1.75 bits per heavy atom. The number of aromatic nitrogens is 2. The molecule has 0 bridgehead atoms. The minimum atomic E-state index is -0.217. The van der Waals surface area contributed by atoms with Gasteiger partial charge in [0.05, 0.1) is 10.9 Å². The van der Waals surface area contributed by atoms with Gasteiger partial charge in [0.1, 0.15) is 12.4 Å². The van der Waals surface area contributed by atoms with Crippen LogP contribution in [0.5, 0.6) is 5.75 Å². The molecule has 0 aliphatic carbocycles. The van der Waals surface area contributed by atoms with E-state index in [-0.39, 0.29) is 12.2 Å². The summed E-state index contributed by atoms with van der Waals surface area (Å²) in [5, 5.41) is 0.624. The number of fused-ring (bicyclic) bond motifs is 1. The zero-order valence-electron chi connectivity index (χ0n) is 11.1. The number of hydrogen-bond donors (Lipinski definition) is 0. The lowest BCUT2D eigenvalue weighted by Gasteiger charge is -2.12. The first-order valence-corrected chi connectivity index (χ1v) is 6.38. The summed E-state index contributed by atoms with van der Waals surface area (Å²) in [5.74, 6) is 1.37. The molecule has 3 aromatic rings. The van der Waals surface area contributed by atoms with Crippen molar-refractivity contribution in [2.24, 2.45) is 7.05 Å². The lowest BCUT2D eigenvalue weighted by Crippen LogP contribution is -2.18. The van der Waals surface area contributed by atoms with E-state index >= 15 is 0 Å². The van der Waals surface area contributed by atoms with Crippen molar-refractivity contribution < 1.29 is 4.74 Å². The van der Waals surface area contributed by atoms with Crippen molar-refractivity contribution in [1.29, 1.82) is 0 Å². The fraction of sp³-hybridized carbons (Fsp3) is 0.125. The number of hydrogen-bond acceptors (Lipinski definition) is 3. The topological polar surface area (TPSA) is 44.1 Å². The molecule has 3 rings (SSSR count). The Labute approximate surface area is 116 Å². The SMILES string of the molecule is Cn1c(COc2ccccc2)nc(=O)c2ccccc21. The number of aryl methyl sites for hydroxylation is 1. The Morgan fingerprint density at radius 3 is 2.55 bits per heavy atom. The molecule has 4 heteroatoms. The van der Waals surface area contributed by atoms with Crippen LogP contribution < -0.4 is 10.3 Å². The average Bonchev–Trinajstić information content (AvgIpc) is 2.50. The molecular formula is C16H14N2O2. The van der Waals surface area contributed by atoms with Crippen LogP contribution in [0.4, 0.5) is 0 Å². The minimum absolute atomic E-state index is 0.217. The highest BCUT2D eigenvalue weighted by atomic mass is 16.5. The van der Waals surface area contributed by atoms with Crippen LogP contribution in [0, 0.1) is 0 Å². The Kier molecular flexibility index (Phi) is 3.21. The second kappa shape index (κ2) is 5.17. The van der Waals surface area contributed by atoms with Gasteiger partial charge in [0, 0.05) is 7.05 Å². The van der Waals surface area contributed by atoms with Gasteiger partial charge in [-0.05, 0) is 24.3 Å². The molecule has 0 fully saturated rings. The van der Waals surface area contributed by atoms with Gasteiger partial charge in [0.25, 0.3) is 5.56 Å². The van der Waals surface area contributed by atoms with E-state index in [0.29, 0.717) is 11.2 Å². The predicted octanol–water partition coefficient (Wildman–Crippen LogP) is 2.51. The Bertz CT molecular complexity index is 794. The van der Waals surface area contributed by atoms with Crippen molar-refractivity contribution in [3.05, 3.63) is 70.8 Å². The van der Waals surface area contributed by atoms with Crippen molar-refractivity contribution in [1.82, 2.24) is 9.55 Å². The predicted molar refractivity (Wildman–Crippen MR) is 77.8 cm³/mol. The summed E-state index contributed by atoms with van der Waals surface area (Å²) in [6, 6.07) is 16.9. The van der Waals surface area contributed by atoms with Gasteiger partial charge in [0.2, 0.25) is 0 Å². The van der Waals surface area contributed by atoms with Crippen molar-refractivity contribution in [3.8, 4) is 5.75 Å². The van der Waals surface area contributed by atoms with Gasteiger partial charge in [-0.2, -0.15) is 4.98 Å². The van der Waals surface area contributed by atoms with E-state index < -0.39 is 0 Å². The maximum absolute atomic E-state index is 12.0. The standard InChI is InChI=1S/C16H14N2O2/c1-18-14-10-6-5-9-13(14)16(19)17-15(18)11-20-12-7-3-2-4-8-12/h2-10H,11H2,1H3. The molecule has 4 nitrogen and oxygen atoms in total. The molecule has 0 amide bonds. The van der Waals surface area contributed by atoms with Crippen LogP contribution in [-0.2, 0) is 13.7 Å². The maximum Gasteiger partial charge on any atom is 0.280 e. The van der Waals surface area contributed by atoms with Crippen molar-refractivity contribution in [2.45, 2.75) is 6.61 Å². The number of ether oxygens (including phenoxy) is 1. The molecule has 1 heterocycles. The van der Waals surface area contributed by atoms with Crippen LogP contribution >= 0.6 is 0 Å². The molecular weight excluding hydrogens is 252 g/mol. The van der Waals surface area contributed by atoms with E-state index in [9.17, 15) is 4.79 Å². The summed E-state index contributed by atoms with van der Waals surface area (Å²) in [4.78, 5) is 16.1. The fourth-order valence-electron chi connectivity index (χ4n) is 2.13. The van der Waals surface area contributed by atoms with Gasteiger partial charge in [-0.25, -0.2) is 0 Å². The Morgan fingerprint density at radius 1 is 1.05 bits per heavy atom. The van der Waals surface area contributed by atoms with Crippen LogP contribution in [0.25, 0.3) is 10.9 Å². The number of rotatable bonds is 3. The molecule has 0 N–H and O–H groups in total. The number of para-hydroxylation sites is 2. The van der Waals surface area contributed by atoms with Crippen LogP contribution in [0.1, 0.15) is 5.82 Å². The molecule has 0 atom stereocenters. The molecule has 0 saturated heterocycles. The highest BCUT2D eigenvalue weighted by Crippen LogP contribution is 2.13. The maximum atomic E-state index is 12.0. The third-order valence-corrected chi connectivity index (χ3v) is 3.22. The summed E-state index contributed by atoms with van der Waals surface area (Å²) < 4.78 is 7.54. The van der Waals surface area contributed by atoms with Gasteiger partial charge >= 0.3 is 0 Å². The highest BCUT2D eigenvalue weighted by Gasteiger charge is 2.07. The summed E-state index contributed by atoms with van der Waals surface area (Å²) in [7, 11) is 1.89. The van der Waals surface area contributed by atoms with Gasteiger partial charge in [0.15, 0.2) is 5.82 Å². The smallest absolute Gasteiger partial charge is 0.280 e. The van der Waals surface area contributed by atoms with Gasteiger partial charge in [-0.15, -0.1) is 0 Å². The summed E-state index contributed by atoms with van der Waals surface area (Å²) in [6.07, 6.45) is 0. The highest BCUT2D eigenvalue weighted by molar-refractivity contribution is 5.77. The first-order chi connectivity index (χ1) is 9.75. The second-order valence-corrected chi connectivity index (χ2v) is 4.51. The molecule has 0 radical (unpaired) electrons. The molecule has 0 saturated carbocycles. The monoisotopic (exact) mass is 266 g/mol. The summed E-state index contributed by atoms with van der Waals surface area (Å²) >= 11 is 0. The molecule has 2 aromatic carbocycles. The second-order valence-electron chi connectivity index (χ2n) is 4.51. The Hall–Kier alpha value is -2.62. The fourth-order valence-corrected chi connectivity index (χ4v) is 2.13. The van der Waals surface area contributed by atoms with Crippen molar-refractivity contribution in [3.63, 3.8) is 0 Å². The van der Waals surface area contributed by atoms with E-state index in [1.54, 1.807) is 6.07 Å². The van der Waals surface area contributed by atoms with Crippen LogP contribution in [-0.4, -0.2) is 9.55 Å². The first kappa shape index (κ1) is 12.4. The third kappa shape index (κ3) is 2.28. The molecule has 1 aromatic heterocycles. The lowest BCUT2D eigenvalue weighted by atomic mass is 10.2. The molecule has 0 unspecified atom stereocenters. The van der Waals surface area contributed by atoms with E-state index in [4.69, 9.17) is 4.74 Å². The normalized spacial score (nSPS) is 10.7. The zero-order valence-corrected chi connectivity index (χ0v) is 11.1. The largest absolute Gasteiger partial charge is 0.486 e. The van der Waals surface area contributed by atoms with Crippen LogP contribution in [0.2, 0.25) is 0 Å². The van der Waals surface area contributed by atoms with E-state index in [0.717, 1.165) is 11.3 Å². The first-order valence-electron chi connectivity index (χ1n) is 6.38. The molecule has 20 heavy (non-hydrogen) atoms. The van der Waals surface area contributed by atoms with E-state index in [1.807, 2.05) is 60.1 Å². The Balaban J connectivity index is 1.96. The zero-order chi connectivity index (χ0) is 13.9. The number of nitrogens with zero attached hydrogens (tertiary/aromatic N) is 2. The van der Waals surface area contributed by atoms with Crippen molar-refractivity contribution >= 4 is 10.9 Å². The van der Waals surface area contributed by atoms with E-state index in [2.05, 4.69) is 4.98 Å². The minimum Gasteiger partial charge on any atom is -0.486 e. The summed E-state index contributed by atoms with van der Waals surface area (Å²) in [5.41, 5.74) is 0.643. The molecule has 0 spiro atoms. The third-order valence-electron chi connectivity index (χ3n) is 3.22. The summed E-state index contributed by atoms with van der Waals surface area (Å²) in [6.45, 7) is 0.264. The van der Waals surface area contributed by atoms with Gasteiger partial charge < -0.3 is 9.30 Å². The molecule has 0 aliphatic heterocycles. The molecule has 100 valence electrons. The van der Waals surface area contributed by atoms with E-state index in [1.165, 1.54) is 0 Å². The lowest BCUT2D eigenvalue weighted by molar-refractivity contribution is 0.290. The van der Waals surface area contributed by atoms with Crippen LogP contribution in [0.3, 0.4) is 0 Å². The number of benzene rings is 2. The van der Waals surface area contributed by atoms with Gasteiger partial charge in [-0.1, -0.05) is 30.3 Å². The van der Waals surface area contributed by atoms with Crippen molar-refractivity contribution in [2.75, 3.05) is 0 Å². The quantitative estimate of drug-likeness (QED) is 0.731. The average molecular weight is 266 g/mol. The molecule has 0 aliphatic rings.